The van der Waals surface area contributed by atoms with Crippen molar-refractivity contribution in [1.82, 2.24) is 19.8 Å². The normalized spacial score (nSPS) is 15.8. The summed E-state index contributed by atoms with van der Waals surface area (Å²) in [5, 5.41) is 8.40. The van der Waals surface area contributed by atoms with E-state index >= 15 is 0 Å². The Hall–Kier alpha value is -2.22. The molecule has 0 saturated heterocycles. The SMILES string of the molecule is CC(C)(C)NC(=O)C(c1ccco1)N(C(=O)c1csnn1)C1CC1. The summed E-state index contributed by atoms with van der Waals surface area (Å²) in [5.74, 6) is -0.113. The molecular formula is C16H20N4O3S. The molecule has 128 valence electrons. The van der Waals surface area contributed by atoms with E-state index in [9.17, 15) is 9.59 Å². The van der Waals surface area contributed by atoms with Crippen LogP contribution in [0.15, 0.2) is 28.2 Å². The summed E-state index contributed by atoms with van der Waals surface area (Å²) in [4.78, 5) is 27.4. The summed E-state index contributed by atoms with van der Waals surface area (Å²) in [6.45, 7) is 5.70. The topological polar surface area (TPSA) is 88.3 Å². The molecule has 8 heteroatoms. The van der Waals surface area contributed by atoms with Crippen LogP contribution < -0.4 is 5.32 Å². The van der Waals surface area contributed by atoms with Crippen molar-refractivity contribution in [2.24, 2.45) is 0 Å². The van der Waals surface area contributed by atoms with E-state index in [1.165, 1.54) is 6.26 Å². The Balaban J connectivity index is 1.96. The minimum absolute atomic E-state index is 0.0139. The monoisotopic (exact) mass is 348 g/mol. The second-order valence-electron chi connectivity index (χ2n) is 6.89. The molecule has 1 fully saturated rings. The largest absolute Gasteiger partial charge is 0.467 e. The summed E-state index contributed by atoms with van der Waals surface area (Å²) in [6.07, 6.45) is 3.24. The molecule has 0 spiro atoms. The van der Waals surface area contributed by atoms with Crippen LogP contribution in [0.3, 0.4) is 0 Å². The van der Waals surface area contributed by atoms with Crippen LogP contribution in [0.4, 0.5) is 0 Å². The van der Waals surface area contributed by atoms with Crippen LogP contribution in [-0.2, 0) is 4.79 Å². The quantitative estimate of drug-likeness (QED) is 0.896. The number of aromatic nitrogens is 2. The minimum Gasteiger partial charge on any atom is -0.467 e. The lowest BCUT2D eigenvalue weighted by Gasteiger charge is -2.31. The zero-order valence-corrected chi connectivity index (χ0v) is 14.7. The highest BCUT2D eigenvalue weighted by Crippen LogP contribution is 2.36. The maximum Gasteiger partial charge on any atom is 0.276 e. The number of nitrogens with one attached hydrogen (secondary N) is 1. The molecule has 2 aromatic heterocycles. The van der Waals surface area contributed by atoms with Crippen molar-refractivity contribution in [3.8, 4) is 0 Å². The predicted molar refractivity (Wildman–Crippen MR) is 88.4 cm³/mol. The van der Waals surface area contributed by atoms with Crippen molar-refractivity contribution in [3.63, 3.8) is 0 Å². The Morgan fingerprint density at radius 2 is 2.17 bits per heavy atom. The van der Waals surface area contributed by atoms with Crippen molar-refractivity contribution in [2.75, 3.05) is 0 Å². The van der Waals surface area contributed by atoms with Gasteiger partial charge in [-0.3, -0.25) is 9.59 Å². The minimum atomic E-state index is -0.819. The van der Waals surface area contributed by atoms with Gasteiger partial charge in [-0.1, -0.05) is 4.49 Å². The highest BCUT2D eigenvalue weighted by Gasteiger charge is 2.44. The van der Waals surface area contributed by atoms with Gasteiger partial charge >= 0.3 is 0 Å². The first-order valence-electron chi connectivity index (χ1n) is 7.82. The third-order valence-corrected chi connectivity index (χ3v) is 4.10. The highest BCUT2D eigenvalue weighted by atomic mass is 32.1. The molecule has 0 aromatic carbocycles. The fourth-order valence-corrected chi connectivity index (χ4v) is 2.94. The summed E-state index contributed by atoms with van der Waals surface area (Å²) < 4.78 is 9.22. The average Bonchev–Trinajstić information content (AvgIpc) is 3.00. The van der Waals surface area contributed by atoms with E-state index in [0.29, 0.717) is 5.76 Å². The van der Waals surface area contributed by atoms with E-state index < -0.39 is 11.6 Å². The Kier molecular flexibility index (Phi) is 4.40. The van der Waals surface area contributed by atoms with Gasteiger partial charge in [0, 0.05) is 17.0 Å². The third kappa shape index (κ3) is 3.64. The molecule has 1 N–H and O–H groups in total. The molecule has 3 rings (SSSR count). The molecular weight excluding hydrogens is 328 g/mol. The molecule has 0 aliphatic heterocycles. The fraction of sp³-hybridized carbons (Fsp3) is 0.500. The molecule has 2 aromatic rings. The number of nitrogens with zero attached hydrogens (tertiary/aromatic N) is 3. The van der Waals surface area contributed by atoms with Crippen LogP contribution in [-0.4, -0.2) is 37.9 Å². The molecule has 2 heterocycles. The third-order valence-electron chi connectivity index (χ3n) is 3.59. The fourth-order valence-electron chi connectivity index (χ4n) is 2.51. The van der Waals surface area contributed by atoms with Gasteiger partial charge in [0.15, 0.2) is 11.7 Å². The van der Waals surface area contributed by atoms with Gasteiger partial charge in [-0.25, -0.2) is 0 Å². The number of amides is 2. The lowest BCUT2D eigenvalue weighted by molar-refractivity contribution is -0.128. The molecule has 1 atom stereocenters. The van der Waals surface area contributed by atoms with Crippen molar-refractivity contribution in [2.45, 2.75) is 51.2 Å². The standard InChI is InChI=1S/C16H20N4O3S/c1-16(2,3)17-14(21)13(12-5-4-8-23-12)20(10-6-7-10)15(22)11-9-24-19-18-11/h4-5,8-10,13H,6-7H2,1-3H3,(H,17,21). The average molecular weight is 348 g/mol. The van der Waals surface area contributed by atoms with Gasteiger partial charge in [-0.2, -0.15) is 0 Å². The van der Waals surface area contributed by atoms with Crippen LogP contribution in [0.2, 0.25) is 0 Å². The van der Waals surface area contributed by atoms with Gasteiger partial charge in [-0.15, -0.1) is 5.10 Å². The summed E-state index contributed by atoms with van der Waals surface area (Å²) in [6, 6.07) is 2.63. The van der Waals surface area contributed by atoms with Gasteiger partial charge in [0.25, 0.3) is 11.8 Å². The first-order chi connectivity index (χ1) is 11.4. The first-order valence-corrected chi connectivity index (χ1v) is 8.65. The highest BCUT2D eigenvalue weighted by molar-refractivity contribution is 7.03. The van der Waals surface area contributed by atoms with Crippen molar-refractivity contribution in [1.29, 1.82) is 0 Å². The lowest BCUT2D eigenvalue weighted by Crippen LogP contribution is -2.50. The number of rotatable bonds is 5. The second kappa shape index (κ2) is 6.35. The smallest absolute Gasteiger partial charge is 0.276 e. The van der Waals surface area contributed by atoms with E-state index in [4.69, 9.17) is 4.42 Å². The van der Waals surface area contributed by atoms with Gasteiger partial charge in [0.05, 0.1) is 6.26 Å². The lowest BCUT2D eigenvalue weighted by atomic mass is 10.1. The summed E-state index contributed by atoms with van der Waals surface area (Å²) in [7, 11) is 0. The molecule has 1 aliphatic rings. The van der Waals surface area contributed by atoms with Crippen LogP contribution >= 0.6 is 11.5 Å². The molecule has 0 radical (unpaired) electrons. The van der Waals surface area contributed by atoms with Gasteiger partial charge < -0.3 is 14.6 Å². The summed E-state index contributed by atoms with van der Waals surface area (Å²) in [5.41, 5.74) is -0.158. The van der Waals surface area contributed by atoms with Crippen LogP contribution in [0.1, 0.15) is 55.9 Å². The molecule has 1 saturated carbocycles. The zero-order chi connectivity index (χ0) is 17.3. The molecule has 7 nitrogen and oxygen atoms in total. The summed E-state index contributed by atoms with van der Waals surface area (Å²) >= 11 is 1.11. The van der Waals surface area contributed by atoms with Crippen LogP contribution in [0.5, 0.6) is 0 Å². The molecule has 24 heavy (non-hydrogen) atoms. The molecule has 0 bridgehead atoms. The van der Waals surface area contributed by atoms with E-state index in [0.717, 1.165) is 24.4 Å². The number of carbonyl (C=O) groups excluding carboxylic acids is 2. The van der Waals surface area contributed by atoms with Crippen molar-refractivity contribution >= 4 is 23.3 Å². The van der Waals surface area contributed by atoms with Gasteiger partial charge in [0.1, 0.15) is 5.76 Å². The van der Waals surface area contributed by atoms with Crippen LogP contribution in [0, 0.1) is 0 Å². The van der Waals surface area contributed by atoms with E-state index in [-0.39, 0.29) is 23.6 Å². The first kappa shape index (κ1) is 16.6. The Bertz CT molecular complexity index is 702. The molecule has 1 unspecified atom stereocenters. The van der Waals surface area contributed by atoms with E-state index in [2.05, 4.69) is 14.9 Å². The number of hydrogen-bond donors (Lipinski definition) is 1. The Labute approximate surface area is 144 Å². The van der Waals surface area contributed by atoms with E-state index in [1.807, 2.05) is 20.8 Å². The van der Waals surface area contributed by atoms with Gasteiger partial charge in [0.2, 0.25) is 0 Å². The van der Waals surface area contributed by atoms with Crippen molar-refractivity contribution < 1.29 is 14.0 Å². The Morgan fingerprint density at radius 1 is 1.42 bits per heavy atom. The number of hydrogen-bond acceptors (Lipinski definition) is 6. The Morgan fingerprint density at radius 3 is 2.67 bits per heavy atom. The van der Waals surface area contributed by atoms with E-state index in [1.54, 1.807) is 22.4 Å². The number of carbonyl (C=O) groups is 2. The number of furan rings is 1. The van der Waals surface area contributed by atoms with Crippen LogP contribution in [0.25, 0.3) is 0 Å². The predicted octanol–water partition coefficient (Wildman–Crippen LogP) is 2.39. The second-order valence-corrected chi connectivity index (χ2v) is 7.50. The zero-order valence-electron chi connectivity index (χ0n) is 13.9. The molecule has 2 amide bonds. The maximum absolute atomic E-state index is 12.9. The maximum atomic E-state index is 12.9. The van der Waals surface area contributed by atoms with Gasteiger partial charge in [-0.05, 0) is 57.3 Å². The molecule has 1 aliphatic carbocycles. The van der Waals surface area contributed by atoms with Crippen molar-refractivity contribution in [3.05, 3.63) is 35.2 Å².